The van der Waals surface area contributed by atoms with Crippen LogP contribution in [0, 0.1) is 0 Å². The van der Waals surface area contributed by atoms with Crippen molar-refractivity contribution in [3.05, 3.63) is 69.1 Å². The van der Waals surface area contributed by atoms with Crippen LogP contribution in [0.25, 0.3) is 11.0 Å². The van der Waals surface area contributed by atoms with Crippen LogP contribution in [0.5, 0.6) is 0 Å². The van der Waals surface area contributed by atoms with Crippen molar-refractivity contribution in [3.63, 3.8) is 0 Å². The van der Waals surface area contributed by atoms with Crippen molar-refractivity contribution in [2.45, 2.75) is 6.54 Å². The van der Waals surface area contributed by atoms with Gasteiger partial charge >= 0.3 is 5.69 Å². The lowest BCUT2D eigenvalue weighted by molar-refractivity contribution is 0.987. The molecule has 1 aliphatic rings. The zero-order valence-corrected chi connectivity index (χ0v) is 14.6. The Balaban J connectivity index is 1.47. The summed E-state index contributed by atoms with van der Waals surface area (Å²) in [6, 6.07) is 13.4. The molecule has 0 saturated heterocycles. The van der Waals surface area contributed by atoms with Crippen molar-refractivity contribution < 1.29 is 0 Å². The van der Waals surface area contributed by atoms with Gasteiger partial charge in [-0.2, -0.15) is 5.10 Å². The first-order chi connectivity index (χ1) is 12.2. The number of hydrogen-bond acceptors (Lipinski definition) is 4. The number of nitrogens with zero attached hydrogens (tertiary/aromatic N) is 2. The largest absolute Gasteiger partial charge is 0.323 e. The lowest BCUT2D eigenvalue weighted by Gasteiger charge is -2.15. The summed E-state index contributed by atoms with van der Waals surface area (Å²) < 4.78 is 0. The Labute approximate surface area is 152 Å². The molecule has 0 spiro atoms. The second-order valence-corrected chi connectivity index (χ2v) is 6.95. The Kier molecular flexibility index (Phi) is 4.33. The number of H-pyrrole nitrogens is 2. The maximum Gasteiger partial charge on any atom is 0.323 e. The molecule has 0 bridgehead atoms. The van der Waals surface area contributed by atoms with Crippen molar-refractivity contribution in [1.29, 1.82) is 0 Å². The molecular formula is C17H14ClN5OS. The standard InChI is InChI=1S/C17H14ClN5OS/c18-12-4-1-10(2-5-12)8-19-17-23-22-15(9-25-17)11-3-6-13-14(7-11)21-16(24)20-13/h1-7H,8-9H2,(H,19,23)(H2,20,21,24). The molecule has 0 unspecified atom stereocenters. The van der Waals surface area contributed by atoms with E-state index in [0.717, 1.165) is 38.1 Å². The fraction of sp³-hybridized carbons (Fsp3) is 0.118. The zero-order valence-electron chi connectivity index (χ0n) is 13.0. The number of nitrogens with one attached hydrogen (secondary N) is 3. The summed E-state index contributed by atoms with van der Waals surface area (Å²) >= 11 is 7.48. The van der Waals surface area contributed by atoms with E-state index >= 15 is 0 Å². The summed E-state index contributed by atoms with van der Waals surface area (Å²) in [6.07, 6.45) is 0. The maximum absolute atomic E-state index is 11.3. The molecule has 126 valence electrons. The van der Waals surface area contributed by atoms with E-state index in [1.165, 1.54) is 0 Å². The van der Waals surface area contributed by atoms with E-state index in [4.69, 9.17) is 11.6 Å². The van der Waals surface area contributed by atoms with E-state index in [1.807, 2.05) is 42.5 Å². The number of hydrazone groups is 1. The van der Waals surface area contributed by atoms with Gasteiger partial charge in [0.2, 0.25) is 0 Å². The van der Waals surface area contributed by atoms with Crippen molar-refractivity contribution in [1.82, 2.24) is 15.4 Å². The number of aromatic nitrogens is 2. The minimum atomic E-state index is -0.207. The summed E-state index contributed by atoms with van der Waals surface area (Å²) in [4.78, 5) is 21.4. The van der Waals surface area contributed by atoms with E-state index in [1.54, 1.807) is 11.8 Å². The number of imidazole rings is 1. The number of rotatable bonds is 3. The van der Waals surface area contributed by atoms with Crippen LogP contribution in [-0.4, -0.2) is 26.6 Å². The molecule has 0 amide bonds. The highest BCUT2D eigenvalue weighted by atomic mass is 35.5. The van der Waals surface area contributed by atoms with Gasteiger partial charge in [0.25, 0.3) is 0 Å². The number of hydrogen-bond donors (Lipinski definition) is 3. The third-order valence-corrected chi connectivity index (χ3v) is 4.96. The van der Waals surface area contributed by atoms with E-state index < -0.39 is 0 Å². The fourth-order valence-electron chi connectivity index (χ4n) is 2.51. The van der Waals surface area contributed by atoms with Gasteiger partial charge < -0.3 is 9.97 Å². The Morgan fingerprint density at radius 1 is 1.12 bits per heavy atom. The molecule has 4 rings (SSSR count). The van der Waals surface area contributed by atoms with Crippen LogP contribution in [-0.2, 0) is 6.54 Å². The van der Waals surface area contributed by atoms with Crippen molar-refractivity contribution in [2.75, 3.05) is 5.75 Å². The van der Waals surface area contributed by atoms with E-state index in [0.29, 0.717) is 12.3 Å². The predicted molar refractivity (Wildman–Crippen MR) is 104 cm³/mol. The second kappa shape index (κ2) is 6.78. The SMILES string of the molecule is O=c1[nH]c2ccc(C3=NNC(=NCc4ccc(Cl)cc4)SC3)cc2[nH]1. The smallest absolute Gasteiger partial charge is 0.306 e. The highest BCUT2D eigenvalue weighted by Crippen LogP contribution is 2.17. The quantitative estimate of drug-likeness (QED) is 0.661. The van der Waals surface area contributed by atoms with Gasteiger partial charge in [-0.3, -0.25) is 10.4 Å². The summed E-state index contributed by atoms with van der Waals surface area (Å²) in [7, 11) is 0. The molecule has 6 nitrogen and oxygen atoms in total. The second-order valence-electron chi connectivity index (χ2n) is 5.55. The lowest BCUT2D eigenvalue weighted by Crippen LogP contribution is -2.25. The molecular weight excluding hydrogens is 358 g/mol. The first kappa shape index (κ1) is 16.0. The fourth-order valence-corrected chi connectivity index (χ4v) is 3.41. The third-order valence-electron chi connectivity index (χ3n) is 3.80. The van der Waals surface area contributed by atoms with Crippen molar-refractivity contribution >= 4 is 45.3 Å². The monoisotopic (exact) mass is 371 g/mol. The highest BCUT2D eigenvalue weighted by Gasteiger charge is 2.13. The lowest BCUT2D eigenvalue weighted by atomic mass is 10.1. The Bertz CT molecular complexity index is 1040. The molecule has 0 atom stereocenters. The Morgan fingerprint density at radius 2 is 1.92 bits per heavy atom. The number of fused-ring (bicyclic) bond motifs is 1. The van der Waals surface area contributed by atoms with Crippen molar-refractivity contribution in [3.8, 4) is 0 Å². The van der Waals surface area contributed by atoms with E-state index in [2.05, 4.69) is 25.5 Å². The molecule has 3 N–H and O–H groups in total. The van der Waals surface area contributed by atoms with Crippen molar-refractivity contribution in [2.24, 2.45) is 10.1 Å². The molecule has 0 saturated carbocycles. The molecule has 25 heavy (non-hydrogen) atoms. The first-order valence-corrected chi connectivity index (χ1v) is 9.00. The number of amidine groups is 1. The Hall–Kier alpha value is -2.51. The first-order valence-electron chi connectivity index (χ1n) is 7.64. The number of halogens is 1. The van der Waals surface area contributed by atoms with Crippen LogP contribution >= 0.6 is 23.4 Å². The van der Waals surface area contributed by atoms with Gasteiger partial charge in [0.05, 0.1) is 23.3 Å². The number of thioether (sulfide) groups is 1. The normalized spacial score (nSPS) is 16.0. The molecule has 1 aromatic heterocycles. The highest BCUT2D eigenvalue weighted by molar-refractivity contribution is 8.14. The minimum Gasteiger partial charge on any atom is -0.306 e. The molecule has 2 aromatic carbocycles. The number of aromatic amines is 2. The molecule has 3 aromatic rings. The Morgan fingerprint density at radius 3 is 2.68 bits per heavy atom. The van der Waals surface area contributed by atoms with E-state index in [-0.39, 0.29) is 5.69 Å². The third kappa shape index (κ3) is 3.62. The van der Waals surface area contributed by atoms with Gasteiger partial charge in [-0.05, 0) is 29.8 Å². The summed E-state index contributed by atoms with van der Waals surface area (Å²) in [5.74, 6) is 0.715. The number of aliphatic imine (C=N–C) groups is 1. The van der Waals surface area contributed by atoms with Crippen LogP contribution < -0.4 is 11.1 Å². The topological polar surface area (TPSA) is 85.4 Å². The van der Waals surface area contributed by atoms with Gasteiger partial charge in [-0.15, -0.1) is 0 Å². The van der Waals surface area contributed by atoms with Gasteiger partial charge in [-0.1, -0.05) is 41.6 Å². The van der Waals surface area contributed by atoms with Gasteiger partial charge in [0, 0.05) is 16.3 Å². The molecule has 2 heterocycles. The minimum absolute atomic E-state index is 0.207. The molecule has 0 aliphatic carbocycles. The molecule has 0 radical (unpaired) electrons. The zero-order chi connectivity index (χ0) is 17.2. The predicted octanol–water partition coefficient (Wildman–Crippen LogP) is 3.11. The average molecular weight is 372 g/mol. The van der Waals surface area contributed by atoms with Gasteiger partial charge in [0.1, 0.15) is 0 Å². The van der Waals surface area contributed by atoms with E-state index in [9.17, 15) is 4.79 Å². The summed E-state index contributed by atoms with van der Waals surface area (Å²) in [6.45, 7) is 0.577. The van der Waals surface area contributed by atoms with Crippen LogP contribution in [0.15, 0.2) is 57.4 Å². The van der Waals surface area contributed by atoms with Gasteiger partial charge in [0.15, 0.2) is 5.17 Å². The van der Waals surface area contributed by atoms with Crippen LogP contribution in [0.2, 0.25) is 5.02 Å². The van der Waals surface area contributed by atoms with Gasteiger partial charge in [-0.25, -0.2) is 4.79 Å². The molecule has 1 aliphatic heterocycles. The molecule has 8 heteroatoms. The summed E-state index contributed by atoms with van der Waals surface area (Å²) in [5, 5.41) is 5.92. The van der Waals surface area contributed by atoms with Crippen LogP contribution in [0.3, 0.4) is 0 Å². The maximum atomic E-state index is 11.3. The van der Waals surface area contributed by atoms with Crippen LogP contribution in [0.4, 0.5) is 0 Å². The average Bonchev–Trinajstić information content (AvgIpc) is 3.01. The molecule has 0 fully saturated rings. The number of benzene rings is 2. The van der Waals surface area contributed by atoms with Crippen LogP contribution in [0.1, 0.15) is 11.1 Å². The summed E-state index contributed by atoms with van der Waals surface area (Å²) in [5.41, 5.74) is 7.34.